The first-order valence-electron chi connectivity index (χ1n) is 2.13. The molecule has 1 aliphatic rings. The SMILES string of the molecule is O=[C]CN1C=CSN1. The van der Waals surface area contributed by atoms with Crippen molar-refractivity contribution >= 4 is 18.2 Å². The highest BCUT2D eigenvalue weighted by atomic mass is 32.2. The normalized spacial score (nSPS) is 17.2. The lowest BCUT2D eigenvalue weighted by molar-refractivity contribution is 0.401. The highest BCUT2D eigenvalue weighted by Crippen LogP contribution is 2.05. The van der Waals surface area contributed by atoms with Gasteiger partial charge >= 0.3 is 0 Å². The zero-order chi connectivity index (χ0) is 5.82. The molecule has 0 aromatic rings. The van der Waals surface area contributed by atoms with Crippen molar-refractivity contribution in [3.63, 3.8) is 0 Å². The number of nitrogens with one attached hydrogen (secondary N) is 1. The van der Waals surface area contributed by atoms with E-state index in [1.165, 1.54) is 11.9 Å². The minimum absolute atomic E-state index is 0.295. The van der Waals surface area contributed by atoms with Gasteiger partial charge in [0.2, 0.25) is 6.29 Å². The largest absolute Gasteiger partial charge is 0.297 e. The van der Waals surface area contributed by atoms with Crippen molar-refractivity contribution in [2.24, 2.45) is 0 Å². The number of rotatable bonds is 2. The Kier molecular flexibility index (Phi) is 1.93. The summed E-state index contributed by atoms with van der Waals surface area (Å²) < 4.78 is 0. The molecule has 1 aliphatic heterocycles. The molecule has 0 aromatic carbocycles. The second-order valence-electron chi connectivity index (χ2n) is 1.27. The lowest BCUT2D eigenvalue weighted by atomic mass is 10.7. The second-order valence-corrected chi connectivity index (χ2v) is 1.96. The Morgan fingerprint density at radius 1 is 1.88 bits per heavy atom. The van der Waals surface area contributed by atoms with Crippen LogP contribution in [0.3, 0.4) is 0 Å². The first-order valence-corrected chi connectivity index (χ1v) is 3.01. The molecule has 1 rings (SSSR count). The fourth-order valence-electron chi connectivity index (χ4n) is 0.387. The fraction of sp³-hybridized carbons (Fsp3) is 0.250. The van der Waals surface area contributed by atoms with Crippen molar-refractivity contribution in [1.29, 1.82) is 0 Å². The molecule has 0 aromatic heterocycles. The Balaban J connectivity index is 2.25. The van der Waals surface area contributed by atoms with Crippen molar-refractivity contribution in [3.05, 3.63) is 11.6 Å². The van der Waals surface area contributed by atoms with Gasteiger partial charge in [-0.15, -0.1) is 0 Å². The Bertz CT molecular complexity index is 115. The molecular formula is C4H5N2OS. The summed E-state index contributed by atoms with van der Waals surface area (Å²) in [6.07, 6.45) is 3.55. The molecule has 3 nitrogen and oxygen atoms in total. The van der Waals surface area contributed by atoms with Gasteiger partial charge in [-0.3, -0.25) is 9.80 Å². The van der Waals surface area contributed by atoms with E-state index in [0.717, 1.165) is 0 Å². The van der Waals surface area contributed by atoms with Crippen LogP contribution in [0, 0.1) is 0 Å². The van der Waals surface area contributed by atoms with Crippen LogP contribution in [-0.2, 0) is 4.79 Å². The minimum atomic E-state index is 0.295. The van der Waals surface area contributed by atoms with E-state index in [-0.39, 0.29) is 0 Å². The van der Waals surface area contributed by atoms with Crippen LogP contribution in [-0.4, -0.2) is 17.8 Å². The third-order valence-corrected chi connectivity index (χ3v) is 1.31. The van der Waals surface area contributed by atoms with Crippen LogP contribution in [0.1, 0.15) is 0 Å². The van der Waals surface area contributed by atoms with Crippen LogP contribution in [0.4, 0.5) is 0 Å². The smallest absolute Gasteiger partial charge is 0.221 e. The third kappa shape index (κ3) is 1.24. The molecule has 0 bridgehead atoms. The monoisotopic (exact) mass is 129 g/mol. The van der Waals surface area contributed by atoms with E-state index in [1.54, 1.807) is 17.5 Å². The predicted octanol–water partition coefficient (Wildman–Crippen LogP) is 0.0357. The van der Waals surface area contributed by atoms with Gasteiger partial charge in [0.15, 0.2) is 0 Å². The molecule has 0 spiro atoms. The summed E-state index contributed by atoms with van der Waals surface area (Å²) in [5.41, 5.74) is 0. The molecule has 0 aliphatic carbocycles. The molecule has 43 valence electrons. The quantitative estimate of drug-likeness (QED) is 0.533. The number of nitrogens with zero attached hydrogens (tertiary/aromatic N) is 1. The van der Waals surface area contributed by atoms with Gasteiger partial charge in [-0.25, -0.2) is 0 Å². The summed E-state index contributed by atoms with van der Waals surface area (Å²) in [4.78, 5) is 12.5. The maximum atomic E-state index is 9.71. The zero-order valence-corrected chi connectivity index (χ0v) is 4.94. The predicted molar refractivity (Wildman–Crippen MR) is 32.3 cm³/mol. The van der Waals surface area contributed by atoms with Crippen molar-refractivity contribution in [3.8, 4) is 0 Å². The molecule has 0 atom stereocenters. The van der Waals surface area contributed by atoms with E-state index in [0.29, 0.717) is 6.54 Å². The Morgan fingerprint density at radius 2 is 2.75 bits per heavy atom. The van der Waals surface area contributed by atoms with Gasteiger partial charge in [0.05, 0.1) is 0 Å². The van der Waals surface area contributed by atoms with E-state index >= 15 is 0 Å². The van der Waals surface area contributed by atoms with E-state index in [2.05, 4.69) is 4.83 Å². The van der Waals surface area contributed by atoms with E-state index in [1.807, 2.05) is 5.41 Å². The molecule has 1 heterocycles. The van der Waals surface area contributed by atoms with Gasteiger partial charge < -0.3 is 0 Å². The number of carbonyl (C=O) groups excluding carboxylic acids is 1. The Hall–Kier alpha value is -0.480. The highest BCUT2D eigenvalue weighted by molar-refractivity contribution is 8.00. The summed E-state index contributed by atoms with van der Waals surface area (Å²) >= 11 is 1.44. The lowest BCUT2D eigenvalue weighted by Gasteiger charge is -2.07. The van der Waals surface area contributed by atoms with E-state index in [4.69, 9.17) is 0 Å². The molecular weight excluding hydrogens is 124 g/mol. The molecule has 0 unspecified atom stereocenters. The maximum Gasteiger partial charge on any atom is 0.221 e. The summed E-state index contributed by atoms with van der Waals surface area (Å²) in [6.45, 7) is 0.295. The Morgan fingerprint density at radius 3 is 3.25 bits per heavy atom. The molecule has 1 radical (unpaired) electrons. The summed E-state index contributed by atoms with van der Waals surface area (Å²) in [5, 5.41) is 3.51. The van der Waals surface area contributed by atoms with Gasteiger partial charge in [0.1, 0.15) is 6.54 Å². The summed E-state index contributed by atoms with van der Waals surface area (Å²) in [6, 6.07) is 0. The zero-order valence-electron chi connectivity index (χ0n) is 4.13. The summed E-state index contributed by atoms with van der Waals surface area (Å²) in [7, 11) is 0. The highest BCUT2D eigenvalue weighted by Gasteiger charge is 2.00. The third-order valence-electron chi connectivity index (χ3n) is 0.714. The number of hydrogen-bond acceptors (Lipinski definition) is 4. The molecule has 0 fully saturated rings. The van der Waals surface area contributed by atoms with Crippen molar-refractivity contribution in [1.82, 2.24) is 9.84 Å². The van der Waals surface area contributed by atoms with E-state index in [9.17, 15) is 4.79 Å². The molecule has 8 heavy (non-hydrogen) atoms. The van der Waals surface area contributed by atoms with Crippen molar-refractivity contribution < 1.29 is 4.79 Å². The lowest BCUT2D eigenvalue weighted by Crippen LogP contribution is -2.25. The number of hydrazine groups is 1. The molecule has 0 amide bonds. The molecule has 4 heteroatoms. The van der Waals surface area contributed by atoms with E-state index < -0.39 is 0 Å². The Labute approximate surface area is 51.8 Å². The average Bonchev–Trinajstić information content (AvgIpc) is 2.19. The standard InChI is InChI=1S/C4H5N2OS/c7-3-1-6-2-4-8-5-6/h2,4-5H,1H2. The molecule has 0 saturated carbocycles. The second kappa shape index (κ2) is 2.74. The van der Waals surface area contributed by atoms with Gasteiger partial charge in [0, 0.05) is 11.6 Å². The van der Waals surface area contributed by atoms with Gasteiger partial charge in [-0.1, -0.05) is 0 Å². The van der Waals surface area contributed by atoms with Gasteiger partial charge in [-0.2, -0.15) is 4.83 Å². The van der Waals surface area contributed by atoms with Gasteiger partial charge in [0.25, 0.3) is 0 Å². The van der Waals surface area contributed by atoms with Crippen molar-refractivity contribution in [2.45, 2.75) is 0 Å². The maximum absolute atomic E-state index is 9.71. The van der Waals surface area contributed by atoms with Crippen molar-refractivity contribution in [2.75, 3.05) is 6.54 Å². The summed E-state index contributed by atoms with van der Waals surface area (Å²) in [5.74, 6) is 0. The molecule has 0 saturated heterocycles. The number of hydrogen-bond donors (Lipinski definition) is 1. The fourth-order valence-corrected chi connectivity index (χ4v) is 0.916. The van der Waals surface area contributed by atoms with Crippen LogP contribution in [0.2, 0.25) is 0 Å². The van der Waals surface area contributed by atoms with Crippen LogP contribution >= 0.6 is 11.9 Å². The average molecular weight is 129 g/mol. The van der Waals surface area contributed by atoms with Crippen LogP contribution < -0.4 is 4.83 Å². The van der Waals surface area contributed by atoms with Crippen LogP contribution in [0.15, 0.2) is 11.6 Å². The van der Waals surface area contributed by atoms with Crippen LogP contribution in [0.5, 0.6) is 0 Å². The minimum Gasteiger partial charge on any atom is -0.297 e. The van der Waals surface area contributed by atoms with Gasteiger partial charge in [-0.05, 0) is 11.9 Å². The molecule has 1 N–H and O–H groups in total. The topological polar surface area (TPSA) is 32.3 Å². The first kappa shape index (κ1) is 5.65. The van der Waals surface area contributed by atoms with Crippen LogP contribution in [0.25, 0.3) is 0 Å². The first-order chi connectivity index (χ1) is 3.93.